The van der Waals surface area contributed by atoms with Crippen molar-refractivity contribution in [1.29, 1.82) is 0 Å². The van der Waals surface area contributed by atoms with Crippen LogP contribution in [0.5, 0.6) is 0 Å². The lowest BCUT2D eigenvalue weighted by molar-refractivity contribution is -0.138. The fraction of sp³-hybridized carbons (Fsp3) is 0.833. The zero-order chi connectivity index (χ0) is 15.0. The molecule has 118 valence electrons. The number of nitrogens with zero attached hydrogens (tertiary/aromatic N) is 4. The van der Waals surface area contributed by atoms with Crippen molar-refractivity contribution in [2.75, 3.05) is 44.3 Å². The maximum Gasteiger partial charge on any atom is 0.445 e. The van der Waals surface area contributed by atoms with Crippen LogP contribution in [0.2, 0.25) is 0 Å². The van der Waals surface area contributed by atoms with E-state index in [2.05, 4.69) is 22.0 Å². The van der Waals surface area contributed by atoms with Gasteiger partial charge in [-0.2, -0.15) is 13.2 Å². The Morgan fingerprint density at radius 2 is 1.90 bits per heavy atom. The fourth-order valence-corrected chi connectivity index (χ4v) is 3.68. The van der Waals surface area contributed by atoms with Crippen molar-refractivity contribution in [2.45, 2.75) is 19.1 Å². The van der Waals surface area contributed by atoms with E-state index in [0.717, 1.165) is 26.3 Å². The van der Waals surface area contributed by atoms with Crippen LogP contribution in [-0.4, -0.2) is 60.5 Å². The number of alkyl halides is 3. The number of rotatable bonds is 2. The highest BCUT2D eigenvalue weighted by Crippen LogP contribution is 2.36. The smallest absolute Gasteiger partial charge is 0.379 e. The fourth-order valence-electron chi connectivity index (χ4n) is 2.95. The van der Waals surface area contributed by atoms with Gasteiger partial charge in [-0.15, -0.1) is 10.2 Å². The summed E-state index contributed by atoms with van der Waals surface area (Å²) in [4.78, 5) is 4.28. The van der Waals surface area contributed by atoms with Gasteiger partial charge in [-0.3, -0.25) is 4.90 Å². The second kappa shape index (κ2) is 5.69. The van der Waals surface area contributed by atoms with Crippen LogP contribution in [0.4, 0.5) is 18.3 Å². The Kier molecular flexibility index (Phi) is 4.06. The van der Waals surface area contributed by atoms with Crippen molar-refractivity contribution in [2.24, 2.45) is 5.92 Å². The summed E-state index contributed by atoms with van der Waals surface area (Å²) in [5.41, 5.74) is 0. The number of hydrogen-bond donors (Lipinski definition) is 0. The zero-order valence-electron chi connectivity index (χ0n) is 11.6. The van der Waals surface area contributed by atoms with Gasteiger partial charge in [0.05, 0.1) is 13.2 Å². The van der Waals surface area contributed by atoms with Crippen molar-refractivity contribution >= 4 is 16.5 Å². The first-order valence-corrected chi connectivity index (χ1v) is 7.74. The Balaban J connectivity index is 1.69. The quantitative estimate of drug-likeness (QED) is 0.829. The van der Waals surface area contributed by atoms with Gasteiger partial charge in [-0.25, -0.2) is 0 Å². The second-order valence-corrected chi connectivity index (χ2v) is 6.44. The minimum absolute atomic E-state index is 0.340. The topological polar surface area (TPSA) is 41.5 Å². The molecule has 2 atom stereocenters. The van der Waals surface area contributed by atoms with Gasteiger partial charge < -0.3 is 9.64 Å². The first-order valence-electron chi connectivity index (χ1n) is 6.92. The first kappa shape index (κ1) is 15.0. The van der Waals surface area contributed by atoms with Crippen molar-refractivity contribution in [3.8, 4) is 0 Å². The molecule has 21 heavy (non-hydrogen) atoms. The number of halogens is 3. The molecule has 2 aliphatic rings. The minimum Gasteiger partial charge on any atom is -0.379 e. The van der Waals surface area contributed by atoms with Crippen LogP contribution in [0, 0.1) is 5.92 Å². The third-order valence-electron chi connectivity index (χ3n) is 4.01. The third-order valence-corrected chi connectivity index (χ3v) is 5.04. The summed E-state index contributed by atoms with van der Waals surface area (Å²) < 4.78 is 43.1. The second-order valence-electron chi connectivity index (χ2n) is 5.49. The summed E-state index contributed by atoms with van der Waals surface area (Å²) in [5.74, 6) is 0.390. The minimum atomic E-state index is -4.41. The van der Waals surface area contributed by atoms with Crippen LogP contribution in [0.1, 0.15) is 11.9 Å². The normalized spacial score (nSPS) is 28.3. The number of anilines is 1. The molecule has 0 saturated carbocycles. The molecule has 0 aliphatic carbocycles. The molecule has 9 heteroatoms. The largest absolute Gasteiger partial charge is 0.445 e. The molecular weight excluding hydrogens is 305 g/mol. The highest BCUT2D eigenvalue weighted by atomic mass is 32.1. The Labute approximate surface area is 124 Å². The molecule has 0 amide bonds. The monoisotopic (exact) mass is 322 g/mol. The highest BCUT2D eigenvalue weighted by Gasteiger charge is 2.39. The van der Waals surface area contributed by atoms with Gasteiger partial charge >= 0.3 is 6.18 Å². The molecule has 0 N–H and O–H groups in total. The summed E-state index contributed by atoms with van der Waals surface area (Å²) in [6, 6.07) is 0.340. The van der Waals surface area contributed by atoms with E-state index in [1.165, 1.54) is 0 Å². The molecule has 2 saturated heterocycles. The lowest BCUT2D eigenvalue weighted by Gasteiger charge is -2.33. The van der Waals surface area contributed by atoms with E-state index in [4.69, 9.17) is 4.74 Å². The van der Waals surface area contributed by atoms with E-state index in [-0.39, 0.29) is 0 Å². The van der Waals surface area contributed by atoms with Crippen LogP contribution in [0.15, 0.2) is 0 Å². The van der Waals surface area contributed by atoms with E-state index < -0.39 is 11.2 Å². The van der Waals surface area contributed by atoms with Crippen molar-refractivity contribution in [1.82, 2.24) is 15.1 Å². The Morgan fingerprint density at radius 1 is 1.19 bits per heavy atom. The molecule has 0 spiro atoms. The average molecular weight is 322 g/mol. The molecule has 2 fully saturated rings. The van der Waals surface area contributed by atoms with Gasteiger partial charge in [-0.05, 0) is 5.92 Å². The first-order chi connectivity index (χ1) is 9.95. The van der Waals surface area contributed by atoms with Crippen LogP contribution in [-0.2, 0) is 10.9 Å². The SMILES string of the molecule is CC1CN(c2nnc(C(F)(F)F)s2)CC1N1CCOCC1. The molecular formula is C12H17F3N4OS. The molecule has 2 unspecified atom stereocenters. The molecule has 5 nitrogen and oxygen atoms in total. The van der Waals surface area contributed by atoms with E-state index in [0.29, 0.717) is 41.5 Å². The summed E-state index contributed by atoms with van der Waals surface area (Å²) in [5, 5.41) is 6.46. The maximum atomic E-state index is 12.6. The lowest BCUT2D eigenvalue weighted by atomic mass is 10.0. The molecule has 0 bridgehead atoms. The standard InChI is InChI=1S/C12H17F3N4OS/c1-8-6-19(7-9(8)18-2-4-20-5-3-18)11-17-16-10(21-11)12(13,14)15/h8-9H,2-7H2,1H3. The van der Waals surface area contributed by atoms with Crippen LogP contribution in [0.25, 0.3) is 0 Å². The predicted molar refractivity (Wildman–Crippen MR) is 72.5 cm³/mol. The molecule has 0 aromatic carbocycles. The van der Waals surface area contributed by atoms with E-state index >= 15 is 0 Å². The van der Waals surface area contributed by atoms with Crippen LogP contribution < -0.4 is 4.90 Å². The Hall–Kier alpha value is -0.930. The predicted octanol–water partition coefficient (Wildman–Crippen LogP) is 1.71. The summed E-state index contributed by atoms with van der Waals surface area (Å²) in [6.45, 7) is 6.76. The zero-order valence-corrected chi connectivity index (χ0v) is 12.5. The summed E-state index contributed by atoms with van der Waals surface area (Å²) in [7, 11) is 0. The molecule has 1 aromatic rings. The number of ether oxygens (including phenoxy) is 1. The van der Waals surface area contributed by atoms with Gasteiger partial charge in [0.15, 0.2) is 0 Å². The van der Waals surface area contributed by atoms with Crippen LogP contribution >= 0.6 is 11.3 Å². The van der Waals surface area contributed by atoms with E-state index in [1.807, 2.05) is 4.90 Å². The summed E-state index contributed by atoms with van der Waals surface area (Å²) >= 11 is 0.623. The van der Waals surface area contributed by atoms with Gasteiger partial charge in [-0.1, -0.05) is 18.3 Å². The van der Waals surface area contributed by atoms with Gasteiger partial charge in [0, 0.05) is 32.2 Å². The molecule has 2 aliphatic heterocycles. The molecule has 3 rings (SSSR count). The van der Waals surface area contributed by atoms with Gasteiger partial charge in [0.1, 0.15) is 0 Å². The van der Waals surface area contributed by atoms with Gasteiger partial charge in [0.2, 0.25) is 10.1 Å². The molecule has 3 heterocycles. The maximum absolute atomic E-state index is 12.6. The van der Waals surface area contributed by atoms with Crippen molar-refractivity contribution in [3.05, 3.63) is 5.01 Å². The molecule has 1 aromatic heterocycles. The molecule has 0 radical (unpaired) electrons. The van der Waals surface area contributed by atoms with E-state index in [9.17, 15) is 13.2 Å². The Bertz CT molecular complexity index is 489. The average Bonchev–Trinajstić information content (AvgIpc) is 3.05. The highest BCUT2D eigenvalue weighted by molar-refractivity contribution is 7.15. The Morgan fingerprint density at radius 3 is 2.52 bits per heavy atom. The number of hydrogen-bond acceptors (Lipinski definition) is 6. The number of morpholine rings is 1. The lowest BCUT2D eigenvalue weighted by Crippen LogP contribution is -2.46. The summed E-state index contributed by atoms with van der Waals surface area (Å²) in [6.07, 6.45) is -4.41. The van der Waals surface area contributed by atoms with Crippen molar-refractivity contribution < 1.29 is 17.9 Å². The van der Waals surface area contributed by atoms with Crippen molar-refractivity contribution in [3.63, 3.8) is 0 Å². The van der Waals surface area contributed by atoms with Crippen LogP contribution in [0.3, 0.4) is 0 Å². The third kappa shape index (κ3) is 3.14. The number of aromatic nitrogens is 2. The van der Waals surface area contributed by atoms with E-state index in [1.54, 1.807) is 0 Å². The van der Waals surface area contributed by atoms with Gasteiger partial charge in [0.25, 0.3) is 0 Å².